The zero-order valence-electron chi connectivity index (χ0n) is 7.67. The van der Waals surface area contributed by atoms with Crippen LogP contribution in [0.25, 0.3) is 0 Å². The van der Waals surface area contributed by atoms with Gasteiger partial charge in [0.2, 0.25) is 0 Å². The Morgan fingerprint density at radius 3 is 2.83 bits per heavy atom. The molecule has 0 N–H and O–H groups in total. The maximum Gasteiger partial charge on any atom is 0.106 e. The monoisotopic (exact) mass is 169 g/mol. The van der Waals surface area contributed by atoms with Crippen LogP contribution in [0, 0.1) is 16.7 Å². The Bertz CT molecular complexity index is 177. The molecular formula is C9H15NO2. The average molecular weight is 169 g/mol. The number of rotatable bonds is 3. The lowest BCUT2D eigenvalue weighted by Gasteiger charge is -2.19. The van der Waals surface area contributed by atoms with Crippen molar-refractivity contribution in [2.45, 2.75) is 26.4 Å². The highest BCUT2D eigenvalue weighted by Crippen LogP contribution is 2.28. The van der Waals surface area contributed by atoms with Gasteiger partial charge in [0.05, 0.1) is 25.4 Å². The lowest BCUT2D eigenvalue weighted by molar-refractivity contribution is 0.0241. The van der Waals surface area contributed by atoms with E-state index in [2.05, 4.69) is 6.07 Å². The summed E-state index contributed by atoms with van der Waals surface area (Å²) in [4.78, 5) is 0. The molecule has 1 heterocycles. The highest BCUT2D eigenvalue weighted by atomic mass is 16.5. The number of ether oxygens (including phenoxy) is 2. The van der Waals surface area contributed by atoms with E-state index in [1.54, 1.807) is 0 Å². The predicted molar refractivity (Wildman–Crippen MR) is 44.6 cm³/mol. The Hall–Kier alpha value is -0.590. The lowest BCUT2D eigenvalue weighted by atomic mass is 9.90. The molecule has 0 spiro atoms. The first-order chi connectivity index (χ1) is 5.68. The molecule has 0 radical (unpaired) electrons. The first-order valence-electron chi connectivity index (χ1n) is 4.29. The predicted octanol–water partition coefficient (Wildman–Crippen LogP) is 1.34. The normalized spacial score (nSPS) is 29.2. The standard InChI is InChI=1S/C9H15NO2/c1-8(2)12-7-9(5-10)3-4-11-6-9/h8H,3-4,6-7H2,1-2H3/t9-/m1/s1. The number of hydrogen-bond donors (Lipinski definition) is 0. The molecule has 0 aliphatic carbocycles. The fourth-order valence-corrected chi connectivity index (χ4v) is 1.17. The summed E-state index contributed by atoms with van der Waals surface area (Å²) in [5.74, 6) is 0. The first kappa shape index (κ1) is 9.50. The van der Waals surface area contributed by atoms with E-state index < -0.39 is 0 Å². The minimum Gasteiger partial charge on any atom is -0.380 e. The molecule has 1 fully saturated rings. The zero-order chi connectivity index (χ0) is 9.03. The molecule has 0 saturated carbocycles. The van der Waals surface area contributed by atoms with Crippen LogP contribution in [0.4, 0.5) is 0 Å². The Kier molecular flexibility index (Phi) is 3.07. The second-order valence-corrected chi connectivity index (χ2v) is 3.55. The number of hydrogen-bond acceptors (Lipinski definition) is 3. The van der Waals surface area contributed by atoms with Crippen molar-refractivity contribution in [3.8, 4) is 6.07 Å². The van der Waals surface area contributed by atoms with Gasteiger partial charge in [-0.3, -0.25) is 0 Å². The maximum atomic E-state index is 8.92. The van der Waals surface area contributed by atoms with Crippen LogP contribution in [-0.4, -0.2) is 25.9 Å². The molecule has 68 valence electrons. The summed E-state index contributed by atoms with van der Waals surface area (Å²) in [5.41, 5.74) is -0.371. The van der Waals surface area contributed by atoms with Crippen molar-refractivity contribution in [1.82, 2.24) is 0 Å². The van der Waals surface area contributed by atoms with E-state index in [4.69, 9.17) is 14.7 Å². The number of nitrogens with zero attached hydrogens (tertiary/aromatic N) is 1. The molecule has 1 aliphatic rings. The van der Waals surface area contributed by atoms with Crippen molar-refractivity contribution in [3.63, 3.8) is 0 Å². The van der Waals surface area contributed by atoms with Crippen LogP contribution < -0.4 is 0 Å². The Morgan fingerprint density at radius 1 is 1.67 bits per heavy atom. The van der Waals surface area contributed by atoms with Crippen LogP contribution in [0.5, 0.6) is 0 Å². The van der Waals surface area contributed by atoms with E-state index in [-0.39, 0.29) is 11.5 Å². The fourth-order valence-electron chi connectivity index (χ4n) is 1.17. The first-order valence-corrected chi connectivity index (χ1v) is 4.29. The molecule has 0 aromatic heterocycles. The summed E-state index contributed by atoms with van der Waals surface area (Å²) in [6, 6.07) is 2.28. The van der Waals surface area contributed by atoms with Crippen molar-refractivity contribution >= 4 is 0 Å². The van der Waals surface area contributed by atoms with Crippen LogP contribution in [0.2, 0.25) is 0 Å². The molecule has 0 aromatic rings. The van der Waals surface area contributed by atoms with E-state index in [0.717, 1.165) is 6.42 Å². The minimum atomic E-state index is -0.371. The summed E-state index contributed by atoms with van der Waals surface area (Å²) in [7, 11) is 0. The third kappa shape index (κ3) is 2.20. The molecule has 1 aliphatic heterocycles. The second-order valence-electron chi connectivity index (χ2n) is 3.55. The van der Waals surface area contributed by atoms with Gasteiger partial charge in [-0.1, -0.05) is 0 Å². The van der Waals surface area contributed by atoms with Gasteiger partial charge in [0.1, 0.15) is 5.41 Å². The van der Waals surface area contributed by atoms with Crippen LogP contribution in [0.3, 0.4) is 0 Å². The minimum absolute atomic E-state index is 0.191. The van der Waals surface area contributed by atoms with Crippen LogP contribution in [0.15, 0.2) is 0 Å². The third-order valence-corrected chi connectivity index (χ3v) is 2.03. The molecule has 1 rings (SSSR count). The van der Waals surface area contributed by atoms with E-state index in [0.29, 0.717) is 19.8 Å². The van der Waals surface area contributed by atoms with Gasteiger partial charge >= 0.3 is 0 Å². The van der Waals surface area contributed by atoms with E-state index in [1.807, 2.05) is 13.8 Å². The molecule has 3 heteroatoms. The van der Waals surface area contributed by atoms with Crippen molar-refractivity contribution in [2.24, 2.45) is 5.41 Å². The molecule has 1 saturated heterocycles. The molecule has 12 heavy (non-hydrogen) atoms. The van der Waals surface area contributed by atoms with Crippen molar-refractivity contribution in [3.05, 3.63) is 0 Å². The molecule has 0 bridgehead atoms. The number of nitriles is 1. The second kappa shape index (κ2) is 3.88. The van der Waals surface area contributed by atoms with Crippen LogP contribution >= 0.6 is 0 Å². The van der Waals surface area contributed by atoms with Gasteiger partial charge in [-0.15, -0.1) is 0 Å². The maximum absolute atomic E-state index is 8.92. The van der Waals surface area contributed by atoms with Gasteiger partial charge < -0.3 is 9.47 Å². The summed E-state index contributed by atoms with van der Waals surface area (Å²) < 4.78 is 10.6. The average Bonchev–Trinajstić information content (AvgIpc) is 2.50. The van der Waals surface area contributed by atoms with Gasteiger partial charge in [0, 0.05) is 6.61 Å². The third-order valence-electron chi connectivity index (χ3n) is 2.03. The summed E-state index contributed by atoms with van der Waals surface area (Å²) in [6.45, 7) is 5.66. The van der Waals surface area contributed by atoms with Gasteiger partial charge in [-0.25, -0.2) is 0 Å². The fraction of sp³-hybridized carbons (Fsp3) is 0.889. The summed E-state index contributed by atoms with van der Waals surface area (Å²) in [6.07, 6.45) is 0.992. The highest BCUT2D eigenvalue weighted by molar-refractivity contribution is 5.01. The highest BCUT2D eigenvalue weighted by Gasteiger charge is 2.35. The van der Waals surface area contributed by atoms with E-state index in [9.17, 15) is 0 Å². The van der Waals surface area contributed by atoms with Gasteiger partial charge in [0.15, 0.2) is 0 Å². The van der Waals surface area contributed by atoms with Gasteiger partial charge in [-0.2, -0.15) is 5.26 Å². The Labute approximate surface area is 73.3 Å². The van der Waals surface area contributed by atoms with Crippen LogP contribution in [0.1, 0.15) is 20.3 Å². The quantitative estimate of drug-likeness (QED) is 0.640. The molecule has 0 aromatic carbocycles. The van der Waals surface area contributed by atoms with Crippen LogP contribution in [-0.2, 0) is 9.47 Å². The smallest absolute Gasteiger partial charge is 0.106 e. The SMILES string of the molecule is CC(C)OC[C@@]1(C#N)CCOC1. The molecule has 1 atom stereocenters. The van der Waals surface area contributed by atoms with E-state index in [1.165, 1.54) is 0 Å². The zero-order valence-corrected chi connectivity index (χ0v) is 7.67. The van der Waals surface area contributed by atoms with Crippen molar-refractivity contribution in [2.75, 3.05) is 19.8 Å². The van der Waals surface area contributed by atoms with Gasteiger partial charge in [-0.05, 0) is 20.3 Å². The Balaban J connectivity index is 2.41. The van der Waals surface area contributed by atoms with Gasteiger partial charge in [0.25, 0.3) is 0 Å². The molecule has 0 unspecified atom stereocenters. The molecule has 0 amide bonds. The summed E-state index contributed by atoms with van der Waals surface area (Å²) in [5, 5.41) is 8.92. The van der Waals surface area contributed by atoms with Crippen molar-refractivity contribution < 1.29 is 9.47 Å². The molecule has 3 nitrogen and oxygen atoms in total. The van der Waals surface area contributed by atoms with E-state index >= 15 is 0 Å². The largest absolute Gasteiger partial charge is 0.380 e. The summed E-state index contributed by atoms with van der Waals surface area (Å²) >= 11 is 0. The lowest BCUT2D eigenvalue weighted by Crippen LogP contribution is -2.27. The molecular weight excluding hydrogens is 154 g/mol. The van der Waals surface area contributed by atoms with Crippen molar-refractivity contribution in [1.29, 1.82) is 5.26 Å². The topological polar surface area (TPSA) is 42.2 Å². The Morgan fingerprint density at radius 2 is 2.42 bits per heavy atom.